The van der Waals surface area contributed by atoms with Crippen LogP contribution in [0.15, 0.2) is 72.8 Å². The fourth-order valence-electron chi connectivity index (χ4n) is 3.88. The molecule has 0 saturated carbocycles. The number of carbonyl (C=O) groups excluding carboxylic acids is 2. The number of methoxy groups -OCH3 is 1. The van der Waals surface area contributed by atoms with E-state index in [0.717, 1.165) is 33.8 Å². The first-order valence-electron chi connectivity index (χ1n) is 9.66. The Morgan fingerprint density at radius 3 is 2.47 bits per heavy atom. The van der Waals surface area contributed by atoms with E-state index in [-0.39, 0.29) is 5.92 Å². The minimum atomic E-state index is -0.589. The number of hydrogen-bond acceptors (Lipinski definition) is 4. The van der Waals surface area contributed by atoms with Crippen molar-refractivity contribution in [3.8, 4) is 5.75 Å². The Morgan fingerprint density at radius 1 is 0.967 bits per heavy atom. The summed E-state index contributed by atoms with van der Waals surface area (Å²) in [5.41, 5.74) is 6.85. The Bertz CT molecular complexity index is 1100. The van der Waals surface area contributed by atoms with Crippen LogP contribution < -0.4 is 15.1 Å². The maximum atomic E-state index is 13.0. The molecule has 1 aliphatic rings. The highest BCUT2D eigenvalue weighted by Crippen LogP contribution is 2.43. The molecule has 6 nitrogen and oxygen atoms in total. The molecule has 0 fully saturated rings. The Balaban J connectivity index is 1.87. The second-order valence-corrected chi connectivity index (χ2v) is 7.06. The highest BCUT2D eigenvalue weighted by atomic mass is 16.7. The Labute approximate surface area is 175 Å². The number of rotatable bonds is 2. The van der Waals surface area contributed by atoms with Gasteiger partial charge < -0.3 is 9.57 Å². The molecule has 4 rings (SSSR count). The third-order valence-electron chi connectivity index (χ3n) is 5.19. The number of urea groups is 1. The summed E-state index contributed by atoms with van der Waals surface area (Å²) in [6.45, 7) is 1.24. The van der Waals surface area contributed by atoms with E-state index in [1.807, 2.05) is 66.7 Å². The van der Waals surface area contributed by atoms with E-state index in [9.17, 15) is 9.59 Å². The van der Waals surface area contributed by atoms with Gasteiger partial charge in [-0.15, -0.1) is 0 Å². The van der Waals surface area contributed by atoms with Gasteiger partial charge in [-0.05, 0) is 47.4 Å². The van der Waals surface area contributed by atoms with Gasteiger partial charge in [0, 0.05) is 12.8 Å². The number of fused-ring (bicyclic) bond motifs is 2. The van der Waals surface area contributed by atoms with Crippen molar-refractivity contribution < 1.29 is 19.2 Å². The first-order valence-corrected chi connectivity index (χ1v) is 9.66. The molecule has 0 saturated heterocycles. The molecule has 0 aliphatic carbocycles. The van der Waals surface area contributed by atoms with Crippen molar-refractivity contribution in [3.05, 3.63) is 89.5 Å². The van der Waals surface area contributed by atoms with Crippen molar-refractivity contribution in [2.45, 2.75) is 19.3 Å². The molecular weight excluding hydrogens is 380 g/mol. The number of nitrogens with zero attached hydrogens (tertiary/aromatic N) is 1. The summed E-state index contributed by atoms with van der Waals surface area (Å²) in [7, 11) is 1.65. The summed E-state index contributed by atoms with van der Waals surface area (Å²) in [4.78, 5) is 30.6. The van der Waals surface area contributed by atoms with Crippen LogP contribution in [0.2, 0.25) is 0 Å². The summed E-state index contributed by atoms with van der Waals surface area (Å²) >= 11 is 0. The topological polar surface area (TPSA) is 67.9 Å². The summed E-state index contributed by atoms with van der Waals surface area (Å²) in [6.07, 6.45) is 0.706. The standard InChI is InChI=1S/C24H22N2O4/c1-16(27)30-25-24(28)26-22-12-5-3-8-18(22)15-21(20-11-4-6-13-23(20)26)17-9-7-10-19(14-17)29-2/h3-14,21H,15H2,1-2H3,(H,25,28). The lowest BCUT2D eigenvalue weighted by molar-refractivity contribution is -0.145. The quantitative estimate of drug-likeness (QED) is 0.631. The zero-order valence-electron chi connectivity index (χ0n) is 16.8. The second-order valence-electron chi connectivity index (χ2n) is 7.06. The summed E-state index contributed by atoms with van der Waals surface area (Å²) < 4.78 is 5.43. The molecule has 0 bridgehead atoms. The van der Waals surface area contributed by atoms with Crippen LogP contribution in [0.4, 0.5) is 16.2 Å². The Hall–Kier alpha value is -3.80. The number of benzene rings is 3. The predicted molar refractivity (Wildman–Crippen MR) is 114 cm³/mol. The van der Waals surface area contributed by atoms with Crippen LogP contribution in [-0.2, 0) is 16.1 Å². The number of amides is 2. The third kappa shape index (κ3) is 3.72. The monoisotopic (exact) mass is 402 g/mol. The van der Waals surface area contributed by atoms with Gasteiger partial charge in [0.25, 0.3) is 0 Å². The van der Waals surface area contributed by atoms with Gasteiger partial charge in [0.05, 0.1) is 18.5 Å². The molecule has 30 heavy (non-hydrogen) atoms. The molecule has 0 aromatic heterocycles. The van der Waals surface area contributed by atoms with E-state index in [0.29, 0.717) is 6.42 Å². The summed E-state index contributed by atoms with van der Waals surface area (Å²) in [6, 6.07) is 23.0. The molecule has 0 spiro atoms. The van der Waals surface area contributed by atoms with E-state index in [4.69, 9.17) is 9.57 Å². The van der Waals surface area contributed by atoms with E-state index in [2.05, 4.69) is 11.5 Å². The van der Waals surface area contributed by atoms with Crippen molar-refractivity contribution in [2.24, 2.45) is 0 Å². The number of ether oxygens (including phenoxy) is 1. The van der Waals surface area contributed by atoms with Crippen LogP contribution in [0.25, 0.3) is 0 Å². The Morgan fingerprint density at radius 2 is 1.70 bits per heavy atom. The van der Waals surface area contributed by atoms with Gasteiger partial charge in [0.15, 0.2) is 0 Å². The smallest absolute Gasteiger partial charge is 0.359 e. The van der Waals surface area contributed by atoms with Crippen molar-refractivity contribution in [3.63, 3.8) is 0 Å². The number of nitrogens with one attached hydrogen (secondary N) is 1. The fourth-order valence-corrected chi connectivity index (χ4v) is 3.88. The fraction of sp³-hybridized carbons (Fsp3) is 0.167. The van der Waals surface area contributed by atoms with E-state index in [1.165, 1.54) is 6.92 Å². The first-order chi connectivity index (χ1) is 14.6. The van der Waals surface area contributed by atoms with Crippen molar-refractivity contribution in [2.75, 3.05) is 12.0 Å². The van der Waals surface area contributed by atoms with Crippen LogP contribution in [0.5, 0.6) is 5.75 Å². The maximum absolute atomic E-state index is 13.0. The average molecular weight is 402 g/mol. The molecule has 2 amide bonds. The molecule has 1 N–H and O–H groups in total. The molecule has 3 aromatic rings. The van der Waals surface area contributed by atoms with Gasteiger partial charge in [-0.2, -0.15) is 5.48 Å². The van der Waals surface area contributed by atoms with Crippen molar-refractivity contribution in [1.82, 2.24) is 5.48 Å². The third-order valence-corrected chi connectivity index (χ3v) is 5.19. The lowest BCUT2D eigenvalue weighted by Crippen LogP contribution is -2.38. The van der Waals surface area contributed by atoms with E-state index >= 15 is 0 Å². The molecule has 1 unspecified atom stereocenters. The number of carbonyl (C=O) groups is 2. The van der Waals surface area contributed by atoms with Crippen LogP contribution in [0.1, 0.15) is 29.5 Å². The van der Waals surface area contributed by atoms with Crippen molar-refractivity contribution in [1.29, 1.82) is 0 Å². The zero-order chi connectivity index (χ0) is 21.1. The number of hydrogen-bond donors (Lipinski definition) is 1. The second kappa shape index (κ2) is 8.29. The molecule has 1 aliphatic heterocycles. The normalized spacial score (nSPS) is 14.7. The van der Waals surface area contributed by atoms with Crippen LogP contribution in [0.3, 0.4) is 0 Å². The molecule has 1 heterocycles. The highest BCUT2D eigenvalue weighted by Gasteiger charge is 2.31. The van der Waals surface area contributed by atoms with Crippen LogP contribution >= 0.6 is 0 Å². The molecule has 3 aromatic carbocycles. The van der Waals surface area contributed by atoms with Crippen molar-refractivity contribution >= 4 is 23.4 Å². The van der Waals surface area contributed by atoms with Crippen LogP contribution in [-0.4, -0.2) is 19.1 Å². The van der Waals surface area contributed by atoms with Gasteiger partial charge >= 0.3 is 12.0 Å². The molecule has 1 atom stereocenters. The minimum Gasteiger partial charge on any atom is -0.497 e. The largest absolute Gasteiger partial charge is 0.497 e. The summed E-state index contributed by atoms with van der Waals surface area (Å²) in [5.74, 6) is 0.213. The van der Waals surface area contributed by atoms with Gasteiger partial charge in [-0.25, -0.2) is 4.79 Å². The lowest BCUT2D eigenvalue weighted by Gasteiger charge is -2.25. The zero-order valence-corrected chi connectivity index (χ0v) is 16.8. The molecule has 0 radical (unpaired) electrons. The summed E-state index contributed by atoms with van der Waals surface area (Å²) in [5, 5.41) is 0. The van der Waals surface area contributed by atoms with Gasteiger partial charge in [0.2, 0.25) is 0 Å². The molecular formula is C24H22N2O4. The van der Waals surface area contributed by atoms with Gasteiger partial charge in [-0.1, -0.05) is 48.5 Å². The number of para-hydroxylation sites is 2. The Kier molecular flexibility index (Phi) is 5.39. The maximum Gasteiger partial charge on any atom is 0.359 e. The number of anilines is 2. The number of hydroxylamine groups is 1. The van der Waals surface area contributed by atoms with E-state index in [1.54, 1.807) is 12.0 Å². The van der Waals surface area contributed by atoms with Crippen LogP contribution in [0, 0.1) is 0 Å². The minimum absolute atomic E-state index is 0.0176. The average Bonchev–Trinajstić information content (AvgIpc) is 2.92. The SMILES string of the molecule is COc1cccc(C2Cc3ccccc3N(C(=O)NOC(C)=O)c3ccccc32)c1. The first kappa shape index (κ1) is 19.5. The predicted octanol–water partition coefficient (Wildman–Crippen LogP) is 4.71. The van der Waals surface area contributed by atoms with Gasteiger partial charge in [-0.3, -0.25) is 9.69 Å². The molecule has 6 heteroatoms. The van der Waals surface area contributed by atoms with E-state index < -0.39 is 12.0 Å². The van der Waals surface area contributed by atoms with Gasteiger partial charge in [0.1, 0.15) is 5.75 Å². The highest BCUT2D eigenvalue weighted by molar-refractivity contribution is 6.01. The lowest BCUT2D eigenvalue weighted by atomic mass is 9.86. The molecule has 152 valence electrons.